The number of nitrogens with zero attached hydrogens (tertiary/aromatic N) is 2. The molecule has 1 aliphatic heterocycles. The number of aromatic amines is 1. The van der Waals surface area contributed by atoms with E-state index in [0.717, 1.165) is 6.34 Å². The van der Waals surface area contributed by atoms with Crippen molar-refractivity contribution in [2.75, 3.05) is 34.4 Å². The molecule has 2 aromatic rings. The first kappa shape index (κ1) is 25.7. The standard InChI is InChI=1S/C21H25N9O6/c22-6-11(19(33)34)5-14(20(35)36)27-17(31)10-1-3-12(4-2-10)25-7-13-8-26-16-15(30(13)9-23)18(32)29-21(24)28-16/h1-4,6,9,11,13-14,22-23,25H,5,7-8H2,(H,27,31)(H,33,34)(H,35,36)(H4,24,26,28,29,32)/t11?,13-,14-/m0/s1. The lowest BCUT2D eigenvalue weighted by Crippen LogP contribution is -2.49. The molecule has 15 nitrogen and oxygen atoms in total. The lowest BCUT2D eigenvalue weighted by molar-refractivity contribution is -0.141. The summed E-state index contributed by atoms with van der Waals surface area (Å²) in [4.78, 5) is 55.2. The van der Waals surface area contributed by atoms with E-state index in [0.29, 0.717) is 25.0 Å². The SMILES string of the molecule is N=CC(C[C@H](NC(=O)c1ccc(NC[C@H]2CNc3nc(N)[nH]c(=O)c3N2C=N)cc1)C(=O)O)C(=O)O. The maximum Gasteiger partial charge on any atom is 0.326 e. The van der Waals surface area contributed by atoms with E-state index in [1.54, 1.807) is 12.1 Å². The number of amides is 1. The third kappa shape index (κ3) is 5.75. The summed E-state index contributed by atoms with van der Waals surface area (Å²) < 4.78 is 0. The molecular formula is C21H25N9O6. The fraction of sp³-hybridized carbons (Fsp3) is 0.286. The van der Waals surface area contributed by atoms with E-state index in [4.69, 9.17) is 21.7 Å². The van der Waals surface area contributed by atoms with Crippen molar-refractivity contribution >= 4 is 53.5 Å². The van der Waals surface area contributed by atoms with Crippen molar-refractivity contribution in [2.24, 2.45) is 5.92 Å². The largest absolute Gasteiger partial charge is 0.481 e. The molecule has 0 radical (unpaired) electrons. The number of carbonyl (C=O) groups excluding carboxylic acids is 1. The summed E-state index contributed by atoms with van der Waals surface area (Å²) >= 11 is 0. The van der Waals surface area contributed by atoms with Gasteiger partial charge in [0.1, 0.15) is 6.04 Å². The summed E-state index contributed by atoms with van der Waals surface area (Å²) in [6.45, 7) is 0.688. The molecule has 2 heterocycles. The third-order valence-electron chi connectivity index (χ3n) is 5.51. The molecule has 1 aromatic heterocycles. The summed E-state index contributed by atoms with van der Waals surface area (Å²) in [5.41, 5.74) is 6.03. The molecule has 1 amide bonds. The molecular weight excluding hydrogens is 474 g/mol. The lowest BCUT2D eigenvalue weighted by Gasteiger charge is -2.35. The Morgan fingerprint density at radius 2 is 1.92 bits per heavy atom. The van der Waals surface area contributed by atoms with Gasteiger partial charge in [-0.05, 0) is 30.7 Å². The Bertz CT molecular complexity index is 1230. The first-order chi connectivity index (χ1) is 17.1. The van der Waals surface area contributed by atoms with Gasteiger partial charge < -0.3 is 42.2 Å². The summed E-state index contributed by atoms with van der Waals surface area (Å²) in [7, 11) is 0. The van der Waals surface area contributed by atoms with Crippen molar-refractivity contribution in [3.63, 3.8) is 0 Å². The topological polar surface area (TPSA) is 250 Å². The summed E-state index contributed by atoms with van der Waals surface area (Å²) in [6, 6.07) is 4.30. The van der Waals surface area contributed by atoms with Crippen LogP contribution >= 0.6 is 0 Å². The second-order valence-electron chi connectivity index (χ2n) is 7.89. The number of rotatable bonds is 11. The zero-order valence-corrected chi connectivity index (χ0v) is 18.8. The Morgan fingerprint density at radius 3 is 2.50 bits per heavy atom. The van der Waals surface area contributed by atoms with Gasteiger partial charge in [-0.25, -0.2) is 4.79 Å². The monoisotopic (exact) mass is 499 g/mol. The first-order valence-electron chi connectivity index (χ1n) is 10.7. The van der Waals surface area contributed by atoms with Crippen LogP contribution in [0.25, 0.3) is 0 Å². The number of nitrogen functional groups attached to an aromatic ring is 1. The van der Waals surface area contributed by atoms with Crippen molar-refractivity contribution in [3.8, 4) is 0 Å². The molecule has 36 heavy (non-hydrogen) atoms. The Labute approximate surface area is 203 Å². The zero-order valence-electron chi connectivity index (χ0n) is 18.8. The number of H-pyrrole nitrogens is 1. The highest BCUT2D eigenvalue weighted by Crippen LogP contribution is 2.25. The second kappa shape index (κ2) is 11.0. The number of hydrogen-bond donors (Lipinski definition) is 9. The van der Waals surface area contributed by atoms with E-state index < -0.39 is 41.8 Å². The molecule has 3 atom stereocenters. The number of hydrogen-bond acceptors (Lipinski definition) is 10. The number of aliphatic carboxylic acids is 2. The van der Waals surface area contributed by atoms with Gasteiger partial charge in [0.25, 0.3) is 11.5 Å². The minimum absolute atomic E-state index is 0.0389. The number of carbonyl (C=O) groups is 3. The van der Waals surface area contributed by atoms with E-state index in [1.807, 2.05) is 0 Å². The normalized spacial score (nSPS) is 16.0. The zero-order chi connectivity index (χ0) is 26.4. The average molecular weight is 499 g/mol. The van der Waals surface area contributed by atoms with Gasteiger partial charge in [0.2, 0.25) is 5.95 Å². The number of carboxylic acid groups (broad SMARTS) is 2. The van der Waals surface area contributed by atoms with Gasteiger partial charge in [-0.1, -0.05) is 0 Å². The number of aromatic nitrogens is 2. The Kier molecular flexibility index (Phi) is 7.83. The Morgan fingerprint density at radius 1 is 1.22 bits per heavy atom. The minimum atomic E-state index is -1.49. The maximum absolute atomic E-state index is 12.5. The molecule has 0 saturated carbocycles. The van der Waals surface area contributed by atoms with Crippen molar-refractivity contribution in [1.29, 1.82) is 10.8 Å². The molecule has 1 unspecified atom stereocenters. The van der Waals surface area contributed by atoms with Crippen LogP contribution in [-0.4, -0.2) is 75.8 Å². The Balaban J connectivity index is 1.63. The molecule has 0 bridgehead atoms. The van der Waals surface area contributed by atoms with Crippen LogP contribution in [0.1, 0.15) is 16.8 Å². The van der Waals surface area contributed by atoms with E-state index in [9.17, 15) is 24.3 Å². The molecule has 3 rings (SSSR count). The van der Waals surface area contributed by atoms with Gasteiger partial charge in [0.05, 0.1) is 18.3 Å². The highest BCUT2D eigenvalue weighted by atomic mass is 16.4. The van der Waals surface area contributed by atoms with Gasteiger partial charge >= 0.3 is 11.9 Å². The highest BCUT2D eigenvalue weighted by Gasteiger charge is 2.29. The van der Waals surface area contributed by atoms with Gasteiger partial charge in [0.15, 0.2) is 11.5 Å². The van der Waals surface area contributed by atoms with Crippen LogP contribution in [0.4, 0.5) is 23.1 Å². The van der Waals surface area contributed by atoms with E-state index in [1.165, 1.54) is 17.0 Å². The number of carboxylic acids is 2. The number of benzene rings is 1. The van der Waals surface area contributed by atoms with Crippen molar-refractivity contribution < 1.29 is 24.6 Å². The van der Waals surface area contributed by atoms with Crippen molar-refractivity contribution in [2.45, 2.75) is 18.5 Å². The molecule has 15 heteroatoms. The lowest BCUT2D eigenvalue weighted by atomic mass is 10.0. The van der Waals surface area contributed by atoms with Crippen LogP contribution in [0.15, 0.2) is 29.1 Å². The summed E-state index contributed by atoms with van der Waals surface area (Å²) in [5, 5.41) is 41.7. The third-order valence-corrected chi connectivity index (χ3v) is 5.51. The molecule has 10 N–H and O–H groups in total. The Hall–Kier alpha value is -4.95. The van der Waals surface area contributed by atoms with E-state index >= 15 is 0 Å². The quantitative estimate of drug-likeness (QED) is 0.142. The van der Waals surface area contributed by atoms with Crippen LogP contribution in [0.5, 0.6) is 0 Å². The smallest absolute Gasteiger partial charge is 0.326 e. The van der Waals surface area contributed by atoms with Crippen LogP contribution in [-0.2, 0) is 9.59 Å². The van der Waals surface area contributed by atoms with Gasteiger partial charge in [-0.15, -0.1) is 0 Å². The number of nitrogens with one attached hydrogen (secondary N) is 6. The average Bonchev–Trinajstić information content (AvgIpc) is 2.84. The number of nitrogens with two attached hydrogens (primary N) is 1. The number of anilines is 4. The van der Waals surface area contributed by atoms with Crippen LogP contribution in [0.2, 0.25) is 0 Å². The predicted molar refractivity (Wildman–Crippen MR) is 131 cm³/mol. The molecule has 1 aromatic carbocycles. The summed E-state index contributed by atoms with van der Waals surface area (Å²) in [5.74, 6) is -4.58. The highest BCUT2D eigenvalue weighted by molar-refractivity contribution is 5.97. The van der Waals surface area contributed by atoms with E-state index in [-0.39, 0.29) is 29.1 Å². The second-order valence-corrected chi connectivity index (χ2v) is 7.89. The van der Waals surface area contributed by atoms with Gasteiger partial charge in [0, 0.05) is 30.6 Å². The predicted octanol–water partition coefficient (Wildman–Crippen LogP) is -0.405. The molecule has 1 aliphatic rings. The van der Waals surface area contributed by atoms with Gasteiger partial charge in [-0.2, -0.15) is 4.98 Å². The molecule has 0 aliphatic carbocycles. The minimum Gasteiger partial charge on any atom is -0.481 e. The van der Waals surface area contributed by atoms with Crippen molar-refractivity contribution in [3.05, 3.63) is 40.2 Å². The number of fused-ring (bicyclic) bond motifs is 1. The van der Waals surface area contributed by atoms with Crippen LogP contribution in [0, 0.1) is 16.7 Å². The molecule has 0 spiro atoms. The first-order valence-corrected chi connectivity index (χ1v) is 10.7. The maximum atomic E-state index is 12.5. The van der Waals surface area contributed by atoms with E-state index in [2.05, 4.69) is 25.9 Å². The van der Waals surface area contributed by atoms with Crippen LogP contribution < -0.4 is 32.1 Å². The summed E-state index contributed by atoms with van der Waals surface area (Å²) in [6.07, 6.45) is 1.18. The van der Waals surface area contributed by atoms with Crippen molar-refractivity contribution in [1.82, 2.24) is 15.3 Å². The fourth-order valence-corrected chi connectivity index (χ4v) is 3.62. The molecule has 0 saturated heterocycles. The van der Waals surface area contributed by atoms with Gasteiger partial charge in [-0.3, -0.25) is 24.8 Å². The van der Waals surface area contributed by atoms with Crippen LogP contribution in [0.3, 0.4) is 0 Å². The fourth-order valence-electron chi connectivity index (χ4n) is 3.62. The molecule has 190 valence electrons. The molecule has 0 fully saturated rings.